The maximum atomic E-state index is 13.3. The molecule has 0 spiro atoms. The zero-order valence-electron chi connectivity index (χ0n) is 17.9. The minimum Gasteiger partial charge on any atom is -0.349 e. The van der Waals surface area contributed by atoms with E-state index in [4.69, 9.17) is 0 Å². The van der Waals surface area contributed by atoms with E-state index < -0.39 is 0 Å². The number of nitrogens with one attached hydrogen (secondary N) is 1. The molecule has 4 rings (SSSR count). The lowest BCUT2D eigenvalue weighted by atomic mass is 10.0. The first-order valence-corrected chi connectivity index (χ1v) is 11.5. The number of benzene rings is 2. The summed E-state index contributed by atoms with van der Waals surface area (Å²) in [5.41, 5.74) is 1.74. The van der Waals surface area contributed by atoms with Gasteiger partial charge in [0.1, 0.15) is 0 Å². The molecular formula is C25H25N3O3S. The SMILES string of the molecule is CN(C(=O)c1cccs1)c1ccccc1C(=O)N1CCC(NC(=O)c2ccccc2)CC1. The van der Waals surface area contributed by atoms with Gasteiger partial charge in [0.25, 0.3) is 17.7 Å². The number of para-hydroxylation sites is 1. The molecule has 1 N–H and O–H groups in total. The number of anilines is 1. The van der Waals surface area contributed by atoms with Crippen LogP contribution in [-0.4, -0.2) is 48.8 Å². The average Bonchev–Trinajstić information content (AvgIpc) is 3.39. The predicted octanol–water partition coefficient (Wildman–Crippen LogP) is 4.06. The molecule has 32 heavy (non-hydrogen) atoms. The minimum absolute atomic E-state index is 0.0325. The summed E-state index contributed by atoms with van der Waals surface area (Å²) in [6.07, 6.45) is 1.38. The van der Waals surface area contributed by atoms with Gasteiger partial charge in [0.15, 0.2) is 0 Å². The zero-order valence-corrected chi connectivity index (χ0v) is 18.7. The molecule has 2 heterocycles. The van der Waals surface area contributed by atoms with Gasteiger partial charge in [-0.25, -0.2) is 0 Å². The Morgan fingerprint density at radius 1 is 0.938 bits per heavy atom. The second-order valence-electron chi connectivity index (χ2n) is 7.76. The molecule has 1 aromatic heterocycles. The summed E-state index contributed by atoms with van der Waals surface area (Å²) < 4.78 is 0. The average molecular weight is 448 g/mol. The molecule has 3 amide bonds. The van der Waals surface area contributed by atoms with E-state index in [-0.39, 0.29) is 23.8 Å². The maximum absolute atomic E-state index is 13.3. The van der Waals surface area contributed by atoms with Crippen molar-refractivity contribution in [3.8, 4) is 0 Å². The van der Waals surface area contributed by atoms with E-state index in [9.17, 15) is 14.4 Å². The smallest absolute Gasteiger partial charge is 0.268 e. The highest BCUT2D eigenvalue weighted by molar-refractivity contribution is 7.12. The van der Waals surface area contributed by atoms with Crippen LogP contribution in [0, 0.1) is 0 Å². The Morgan fingerprint density at radius 2 is 1.62 bits per heavy atom. The summed E-state index contributed by atoms with van der Waals surface area (Å²) in [6, 6.07) is 20.0. The van der Waals surface area contributed by atoms with E-state index in [1.165, 1.54) is 16.2 Å². The largest absolute Gasteiger partial charge is 0.349 e. The fourth-order valence-electron chi connectivity index (χ4n) is 3.88. The number of likely N-dealkylation sites (tertiary alicyclic amines) is 1. The topological polar surface area (TPSA) is 69.7 Å². The maximum Gasteiger partial charge on any atom is 0.268 e. The molecule has 1 aliphatic heterocycles. The third kappa shape index (κ3) is 4.73. The fourth-order valence-corrected chi connectivity index (χ4v) is 4.58. The Morgan fingerprint density at radius 3 is 2.31 bits per heavy atom. The Kier molecular flexibility index (Phi) is 6.66. The minimum atomic E-state index is -0.136. The van der Waals surface area contributed by atoms with Crippen molar-refractivity contribution >= 4 is 34.7 Å². The van der Waals surface area contributed by atoms with E-state index in [0.29, 0.717) is 47.6 Å². The Hall–Kier alpha value is -3.45. The summed E-state index contributed by atoms with van der Waals surface area (Å²) in [5.74, 6) is -0.323. The van der Waals surface area contributed by atoms with E-state index in [1.54, 1.807) is 42.3 Å². The second-order valence-corrected chi connectivity index (χ2v) is 8.71. The number of thiophene rings is 1. The van der Waals surface area contributed by atoms with Crippen molar-refractivity contribution in [3.05, 3.63) is 88.1 Å². The molecule has 2 aromatic carbocycles. The van der Waals surface area contributed by atoms with Gasteiger partial charge in [-0.05, 0) is 48.6 Å². The van der Waals surface area contributed by atoms with Crippen LogP contribution in [0.25, 0.3) is 0 Å². The van der Waals surface area contributed by atoms with Crippen LogP contribution in [0.1, 0.15) is 43.2 Å². The normalized spacial score (nSPS) is 14.1. The molecule has 1 aliphatic rings. The first kappa shape index (κ1) is 21.8. The van der Waals surface area contributed by atoms with Crippen molar-refractivity contribution < 1.29 is 14.4 Å². The predicted molar refractivity (Wildman–Crippen MR) is 126 cm³/mol. The Bertz CT molecular complexity index is 1090. The molecule has 0 radical (unpaired) electrons. The molecule has 0 atom stereocenters. The molecule has 164 valence electrons. The van der Waals surface area contributed by atoms with Gasteiger partial charge in [-0.3, -0.25) is 14.4 Å². The molecule has 7 heteroatoms. The number of amides is 3. The third-order valence-electron chi connectivity index (χ3n) is 5.69. The lowest BCUT2D eigenvalue weighted by Gasteiger charge is -2.33. The van der Waals surface area contributed by atoms with Gasteiger partial charge in [-0.15, -0.1) is 11.3 Å². The highest BCUT2D eigenvalue weighted by atomic mass is 32.1. The van der Waals surface area contributed by atoms with Crippen LogP contribution in [0.4, 0.5) is 5.69 Å². The van der Waals surface area contributed by atoms with Crippen molar-refractivity contribution in [1.82, 2.24) is 10.2 Å². The summed E-state index contributed by atoms with van der Waals surface area (Å²) in [7, 11) is 1.69. The van der Waals surface area contributed by atoms with E-state index in [1.807, 2.05) is 41.8 Å². The van der Waals surface area contributed by atoms with Gasteiger partial charge < -0.3 is 15.1 Å². The second kappa shape index (κ2) is 9.78. The van der Waals surface area contributed by atoms with Crippen molar-refractivity contribution in [2.24, 2.45) is 0 Å². The highest BCUT2D eigenvalue weighted by Gasteiger charge is 2.27. The van der Waals surface area contributed by atoms with Crippen molar-refractivity contribution in [2.45, 2.75) is 18.9 Å². The summed E-state index contributed by atoms with van der Waals surface area (Å²) >= 11 is 1.38. The first-order chi connectivity index (χ1) is 15.5. The van der Waals surface area contributed by atoms with Crippen LogP contribution >= 0.6 is 11.3 Å². The quantitative estimate of drug-likeness (QED) is 0.641. The summed E-state index contributed by atoms with van der Waals surface area (Å²) in [6.45, 7) is 1.10. The van der Waals surface area contributed by atoms with Crippen LogP contribution in [-0.2, 0) is 0 Å². The number of carbonyl (C=O) groups excluding carboxylic acids is 3. The van der Waals surface area contributed by atoms with E-state index in [2.05, 4.69) is 5.32 Å². The number of nitrogens with zero attached hydrogens (tertiary/aromatic N) is 2. The standard InChI is InChI=1S/C25H25N3O3S/c1-27(25(31)22-12-7-17-32-22)21-11-6-5-10-20(21)24(30)28-15-13-19(14-16-28)26-23(29)18-8-3-2-4-9-18/h2-12,17,19H,13-16H2,1H3,(H,26,29). The van der Waals surface area contributed by atoms with Crippen molar-refractivity contribution in [2.75, 3.05) is 25.0 Å². The van der Waals surface area contributed by atoms with Crippen molar-refractivity contribution in [3.63, 3.8) is 0 Å². The number of piperidine rings is 1. The monoisotopic (exact) mass is 447 g/mol. The van der Waals surface area contributed by atoms with Crippen molar-refractivity contribution in [1.29, 1.82) is 0 Å². The molecule has 0 bridgehead atoms. The van der Waals surface area contributed by atoms with Gasteiger partial charge in [0.05, 0.1) is 16.1 Å². The van der Waals surface area contributed by atoms with Gasteiger partial charge >= 0.3 is 0 Å². The molecule has 3 aromatic rings. The fraction of sp³-hybridized carbons (Fsp3) is 0.240. The molecule has 0 aliphatic carbocycles. The highest BCUT2D eigenvalue weighted by Crippen LogP contribution is 2.25. The van der Waals surface area contributed by atoms with Crippen LogP contribution in [0.15, 0.2) is 72.1 Å². The molecule has 0 saturated carbocycles. The van der Waals surface area contributed by atoms with Crippen LogP contribution in [0.3, 0.4) is 0 Å². The molecule has 1 saturated heterocycles. The van der Waals surface area contributed by atoms with Gasteiger partial charge in [0, 0.05) is 31.7 Å². The number of hydrogen-bond donors (Lipinski definition) is 1. The summed E-state index contributed by atoms with van der Waals surface area (Å²) in [5, 5.41) is 4.93. The number of hydrogen-bond acceptors (Lipinski definition) is 4. The molecule has 6 nitrogen and oxygen atoms in total. The van der Waals surface area contributed by atoms with Crippen LogP contribution in [0.2, 0.25) is 0 Å². The Labute approximate surface area is 191 Å². The third-order valence-corrected chi connectivity index (χ3v) is 6.54. The van der Waals surface area contributed by atoms with E-state index in [0.717, 1.165) is 0 Å². The lowest BCUT2D eigenvalue weighted by Crippen LogP contribution is -2.46. The van der Waals surface area contributed by atoms with Crippen LogP contribution < -0.4 is 10.2 Å². The van der Waals surface area contributed by atoms with Crippen LogP contribution in [0.5, 0.6) is 0 Å². The van der Waals surface area contributed by atoms with E-state index >= 15 is 0 Å². The number of rotatable bonds is 5. The Balaban J connectivity index is 1.40. The molecule has 0 unspecified atom stereocenters. The van der Waals surface area contributed by atoms with Gasteiger partial charge in [-0.1, -0.05) is 36.4 Å². The molecular weight excluding hydrogens is 422 g/mol. The summed E-state index contributed by atoms with van der Waals surface area (Å²) in [4.78, 5) is 42.4. The van der Waals surface area contributed by atoms with Gasteiger partial charge in [-0.2, -0.15) is 0 Å². The van der Waals surface area contributed by atoms with Gasteiger partial charge in [0.2, 0.25) is 0 Å². The molecule has 1 fully saturated rings. The zero-order chi connectivity index (χ0) is 22.5. The lowest BCUT2D eigenvalue weighted by molar-refractivity contribution is 0.0699. The first-order valence-electron chi connectivity index (χ1n) is 10.6. The number of carbonyl (C=O) groups is 3.